The highest BCUT2D eigenvalue weighted by Gasteiger charge is 2.56. The van der Waals surface area contributed by atoms with Crippen molar-refractivity contribution in [2.45, 2.75) is 24.2 Å². The topological polar surface area (TPSA) is 226 Å². The number of ether oxygens (including phenoxy) is 1. The van der Waals surface area contributed by atoms with Gasteiger partial charge in [0.05, 0.1) is 6.61 Å². The van der Waals surface area contributed by atoms with Gasteiger partial charge in [-0.2, -0.15) is 4.98 Å². The Morgan fingerprint density at radius 2 is 2.25 bits per heavy atom. The number of aliphatic hydroxyl groups is 2. The van der Waals surface area contributed by atoms with E-state index in [0.717, 1.165) is 10.8 Å². The molecule has 0 spiro atoms. The van der Waals surface area contributed by atoms with Gasteiger partial charge in [-0.15, -0.1) is 0 Å². The molecule has 0 aliphatic carbocycles. The number of nitrogens with zero attached hydrogens (tertiary/aromatic N) is 5. The summed E-state index contributed by atoms with van der Waals surface area (Å²) in [6.45, 7) is -1.08. The zero-order valence-corrected chi connectivity index (χ0v) is 12.7. The summed E-state index contributed by atoms with van der Waals surface area (Å²) in [5.41, 5.74) is 10.6. The Hall–Kier alpha value is -2.02. The van der Waals surface area contributed by atoms with Crippen LogP contribution in [-0.2, 0) is 13.8 Å². The maximum atomic E-state index is 11.8. The molecule has 2 heterocycles. The summed E-state index contributed by atoms with van der Waals surface area (Å²) < 4.78 is 21.0. The second kappa shape index (κ2) is 6.47. The van der Waals surface area contributed by atoms with Crippen molar-refractivity contribution in [2.24, 2.45) is 5.11 Å². The van der Waals surface area contributed by atoms with Gasteiger partial charge in [-0.25, -0.2) is 9.36 Å². The summed E-state index contributed by atoms with van der Waals surface area (Å²) in [4.78, 5) is 35.1. The van der Waals surface area contributed by atoms with E-state index in [1.54, 1.807) is 0 Å². The molecule has 1 fully saturated rings. The second-order valence-electron chi connectivity index (χ2n) is 4.78. The minimum Gasteiger partial charge on any atom is -0.387 e. The van der Waals surface area contributed by atoms with Gasteiger partial charge in [-0.05, 0) is 11.6 Å². The Labute approximate surface area is 132 Å². The van der Waals surface area contributed by atoms with Crippen molar-refractivity contribution in [1.29, 1.82) is 0 Å². The van der Waals surface area contributed by atoms with Crippen LogP contribution < -0.4 is 11.4 Å². The minimum atomic E-state index is -4.99. The van der Waals surface area contributed by atoms with E-state index in [4.69, 9.17) is 25.8 Å². The zero-order valence-electron chi connectivity index (χ0n) is 11.8. The largest absolute Gasteiger partial charge is 0.469 e. The maximum Gasteiger partial charge on any atom is 0.469 e. The van der Waals surface area contributed by atoms with Crippen LogP contribution in [0.1, 0.15) is 6.23 Å². The molecule has 15 heteroatoms. The summed E-state index contributed by atoms with van der Waals surface area (Å²) in [5.74, 6) is -0.101. The van der Waals surface area contributed by atoms with E-state index in [0.29, 0.717) is 0 Å². The standard InChI is InChI=1S/C9H13N6O8P/c10-4-1-2-15(8(18)12-4)7-5(16)6(17)9(23-7,13-14-11)3-22-24(19,20)21/h1-2,5-7,16-17H,3H2,(H2,10,12,18)(H2,19,20,21)/t5-,6+,7-,9-/m1/s1. The van der Waals surface area contributed by atoms with E-state index in [1.807, 2.05) is 0 Å². The van der Waals surface area contributed by atoms with Crippen LogP contribution in [0.25, 0.3) is 10.4 Å². The quantitative estimate of drug-likeness (QED) is 0.170. The van der Waals surface area contributed by atoms with Crippen LogP contribution >= 0.6 is 7.82 Å². The van der Waals surface area contributed by atoms with Gasteiger partial charge >= 0.3 is 13.5 Å². The van der Waals surface area contributed by atoms with E-state index < -0.39 is 44.3 Å². The molecule has 1 saturated heterocycles. The van der Waals surface area contributed by atoms with E-state index >= 15 is 0 Å². The lowest BCUT2D eigenvalue weighted by molar-refractivity contribution is -0.123. The number of anilines is 1. The molecule has 0 unspecified atom stereocenters. The Bertz CT molecular complexity index is 774. The van der Waals surface area contributed by atoms with Gasteiger partial charge in [-0.3, -0.25) is 9.09 Å². The van der Waals surface area contributed by atoms with Gasteiger partial charge in [-0.1, -0.05) is 5.11 Å². The predicted molar refractivity (Wildman–Crippen MR) is 74.9 cm³/mol. The molecule has 0 aromatic carbocycles. The number of nitrogens with two attached hydrogens (primary N) is 1. The van der Waals surface area contributed by atoms with Crippen LogP contribution in [0, 0.1) is 0 Å². The molecular weight excluding hydrogens is 351 g/mol. The molecule has 24 heavy (non-hydrogen) atoms. The first-order valence-corrected chi connectivity index (χ1v) is 7.77. The molecule has 1 aliphatic rings. The number of azide groups is 1. The van der Waals surface area contributed by atoms with Crippen LogP contribution in [0.2, 0.25) is 0 Å². The Kier molecular flexibility index (Phi) is 4.94. The van der Waals surface area contributed by atoms with Crippen LogP contribution in [0.4, 0.5) is 5.82 Å². The second-order valence-corrected chi connectivity index (χ2v) is 6.02. The van der Waals surface area contributed by atoms with Crippen LogP contribution in [0.3, 0.4) is 0 Å². The predicted octanol–water partition coefficient (Wildman–Crippen LogP) is -1.81. The van der Waals surface area contributed by atoms with Crippen molar-refractivity contribution in [3.8, 4) is 0 Å². The Morgan fingerprint density at radius 1 is 1.58 bits per heavy atom. The molecule has 6 N–H and O–H groups in total. The zero-order chi connectivity index (χ0) is 18.1. The first kappa shape index (κ1) is 18.3. The van der Waals surface area contributed by atoms with Crippen LogP contribution in [-0.4, -0.2) is 54.1 Å². The van der Waals surface area contributed by atoms with Crippen molar-refractivity contribution in [1.82, 2.24) is 9.55 Å². The molecule has 0 radical (unpaired) electrons. The van der Waals surface area contributed by atoms with E-state index in [1.165, 1.54) is 6.07 Å². The highest BCUT2D eigenvalue weighted by Crippen LogP contribution is 2.43. The third-order valence-corrected chi connectivity index (χ3v) is 3.65. The first-order chi connectivity index (χ1) is 11.1. The molecule has 132 valence electrons. The highest BCUT2D eigenvalue weighted by molar-refractivity contribution is 7.46. The van der Waals surface area contributed by atoms with Crippen molar-refractivity contribution >= 4 is 13.6 Å². The van der Waals surface area contributed by atoms with Gasteiger partial charge in [0, 0.05) is 11.1 Å². The summed E-state index contributed by atoms with van der Waals surface area (Å²) in [6.07, 6.45) is -4.19. The van der Waals surface area contributed by atoms with Crippen LogP contribution in [0.5, 0.6) is 0 Å². The third kappa shape index (κ3) is 3.56. The lowest BCUT2D eigenvalue weighted by atomic mass is 10.1. The Balaban J connectivity index is 2.40. The lowest BCUT2D eigenvalue weighted by Gasteiger charge is -2.26. The molecule has 14 nitrogen and oxygen atoms in total. The molecule has 1 aromatic heterocycles. The highest BCUT2D eigenvalue weighted by atomic mass is 31.2. The average molecular weight is 364 g/mol. The normalized spacial score (nSPS) is 30.1. The Morgan fingerprint density at radius 3 is 2.79 bits per heavy atom. The SMILES string of the molecule is [N-]=[N+]=N[C@]1(COP(=O)(O)O)O[C@@H](n2ccc(N)nc2=O)[C@H](O)[C@@H]1O. The molecular formula is C9H13N6O8P. The van der Waals surface area contributed by atoms with Crippen molar-refractivity contribution in [3.63, 3.8) is 0 Å². The fourth-order valence-electron chi connectivity index (χ4n) is 2.10. The average Bonchev–Trinajstić information content (AvgIpc) is 2.71. The molecule has 0 saturated carbocycles. The smallest absolute Gasteiger partial charge is 0.387 e. The monoisotopic (exact) mass is 364 g/mol. The van der Waals surface area contributed by atoms with E-state index in [9.17, 15) is 19.6 Å². The number of phosphoric ester groups is 1. The van der Waals surface area contributed by atoms with Gasteiger partial charge in [0.1, 0.15) is 18.0 Å². The number of rotatable bonds is 5. The summed E-state index contributed by atoms with van der Waals surface area (Å²) in [5, 5.41) is 23.3. The number of phosphoric acid groups is 1. The van der Waals surface area contributed by atoms with Gasteiger partial charge in [0.2, 0.25) is 5.72 Å². The summed E-state index contributed by atoms with van der Waals surface area (Å²) >= 11 is 0. The van der Waals surface area contributed by atoms with Crippen molar-refractivity contribution in [3.05, 3.63) is 33.2 Å². The number of aliphatic hydroxyl groups excluding tert-OH is 2. The van der Waals surface area contributed by atoms with Gasteiger partial charge < -0.3 is 30.5 Å². The molecule has 4 atom stereocenters. The van der Waals surface area contributed by atoms with E-state index in [2.05, 4.69) is 19.5 Å². The summed E-state index contributed by atoms with van der Waals surface area (Å²) in [7, 11) is -4.99. The molecule has 0 amide bonds. The number of nitrogen functional groups attached to an aromatic ring is 1. The molecule has 1 aliphatic heterocycles. The number of aromatic nitrogens is 2. The maximum absolute atomic E-state index is 11.8. The number of hydrogen-bond acceptors (Lipinski definition) is 9. The fourth-order valence-corrected chi connectivity index (χ4v) is 2.45. The van der Waals surface area contributed by atoms with Crippen LogP contribution in [0.15, 0.2) is 22.2 Å². The molecule has 2 rings (SSSR count). The van der Waals surface area contributed by atoms with Gasteiger partial charge in [0.25, 0.3) is 0 Å². The molecule has 1 aromatic rings. The van der Waals surface area contributed by atoms with E-state index in [-0.39, 0.29) is 5.82 Å². The first-order valence-electron chi connectivity index (χ1n) is 6.24. The lowest BCUT2D eigenvalue weighted by Crippen LogP contribution is -2.44. The fraction of sp³-hybridized carbons (Fsp3) is 0.556. The van der Waals surface area contributed by atoms with Gasteiger partial charge in [0.15, 0.2) is 6.23 Å². The van der Waals surface area contributed by atoms with Crippen molar-refractivity contribution < 1.29 is 33.8 Å². The minimum absolute atomic E-state index is 0.101. The summed E-state index contributed by atoms with van der Waals surface area (Å²) in [6, 6.07) is 1.21. The number of hydrogen-bond donors (Lipinski definition) is 5. The van der Waals surface area contributed by atoms with Crippen molar-refractivity contribution in [2.75, 3.05) is 12.3 Å². The molecule has 0 bridgehead atoms. The third-order valence-electron chi connectivity index (χ3n) is 3.18.